The van der Waals surface area contributed by atoms with E-state index in [-0.39, 0.29) is 11.8 Å². The van der Waals surface area contributed by atoms with Crippen molar-refractivity contribution in [2.45, 2.75) is 19.1 Å². The molecule has 0 unspecified atom stereocenters. The minimum atomic E-state index is -0.752. The van der Waals surface area contributed by atoms with Crippen LogP contribution in [0.3, 0.4) is 0 Å². The summed E-state index contributed by atoms with van der Waals surface area (Å²) >= 11 is 1.49. The molecule has 36 heavy (non-hydrogen) atoms. The molecule has 4 rings (SSSR count). The Labute approximate surface area is 213 Å². The Morgan fingerprint density at radius 1 is 1.17 bits per heavy atom. The number of carbonyl (C=O) groups excluding carboxylic acids is 3. The number of aromatic nitrogens is 2. The van der Waals surface area contributed by atoms with Crippen LogP contribution in [0.4, 0.5) is 5.82 Å². The molecule has 3 heterocycles. The summed E-state index contributed by atoms with van der Waals surface area (Å²) in [5.41, 5.74) is 1.68. The van der Waals surface area contributed by atoms with Crippen molar-refractivity contribution in [2.75, 3.05) is 39.6 Å². The van der Waals surface area contributed by atoms with Crippen LogP contribution in [0.1, 0.15) is 22.0 Å². The van der Waals surface area contributed by atoms with Crippen LogP contribution in [0.2, 0.25) is 0 Å². The minimum absolute atomic E-state index is 0.252. The average Bonchev–Trinajstić information content (AvgIpc) is 3.44. The molecule has 10 nitrogen and oxygen atoms in total. The lowest BCUT2D eigenvalue weighted by molar-refractivity contribution is -0.141. The van der Waals surface area contributed by atoms with Gasteiger partial charge < -0.3 is 25.2 Å². The Morgan fingerprint density at radius 2 is 1.94 bits per heavy atom. The van der Waals surface area contributed by atoms with Gasteiger partial charge in [-0.25, -0.2) is 14.8 Å². The number of ether oxygens (including phenoxy) is 1. The summed E-state index contributed by atoms with van der Waals surface area (Å²) in [5, 5.41) is 6.75. The predicted molar refractivity (Wildman–Crippen MR) is 137 cm³/mol. The van der Waals surface area contributed by atoms with Gasteiger partial charge in [-0.1, -0.05) is 30.3 Å². The lowest BCUT2D eigenvalue weighted by Crippen LogP contribution is -2.30. The van der Waals surface area contributed by atoms with Crippen LogP contribution in [-0.4, -0.2) is 71.8 Å². The van der Waals surface area contributed by atoms with Gasteiger partial charge >= 0.3 is 5.97 Å². The highest BCUT2D eigenvalue weighted by Crippen LogP contribution is 2.40. The predicted octanol–water partition coefficient (Wildman–Crippen LogP) is 2.09. The zero-order chi connectivity index (χ0) is 25.7. The number of benzene rings is 1. The lowest BCUT2D eigenvalue weighted by atomic mass is 10.1. The molecule has 1 aromatic carbocycles. The molecule has 1 aliphatic heterocycles. The third-order valence-corrected chi connectivity index (χ3v) is 6.88. The van der Waals surface area contributed by atoms with Crippen LogP contribution < -0.4 is 10.6 Å². The fourth-order valence-electron chi connectivity index (χ4n) is 3.91. The van der Waals surface area contributed by atoms with E-state index in [1.165, 1.54) is 36.9 Å². The highest BCUT2D eigenvalue weighted by atomic mass is 32.1. The monoisotopic (exact) mass is 508 g/mol. The first-order valence-electron chi connectivity index (χ1n) is 11.4. The first-order chi connectivity index (χ1) is 17.4. The Hall–Kier alpha value is -3.83. The van der Waals surface area contributed by atoms with Gasteiger partial charge in [0.1, 0.15) is 17.0 Å². The second-order valence-electron chi connectivity index (χ2n) is 8.54. The zero-order valence-electron chi connectivity index (χ0n) is 20.4. The SMILES string of the molecule is COC(=O)[C@@H](Nc1ncnc2sc3c(c12)CN(C(=O)C=CC(=O)NCCN(C)C)C3)c1ccccc1. The van der Waals surface area contributed by atoms with Crippen LogP contribution in [0.5, 0.6) is 0 Å². The number of hydrogen-bond donors (Lipinski definition) is 2. The molecular formula is C25H28N6O4S. The summed E-state index contributed by atoms with van der Waals surface area (Å²) in [6.45, 7) is 1.99. The van der Waals surface area contributed by atoms with Crippen molar-refractivity contribution in [1.29, 1.82) is 0 Å². The molecule has 3 aromatic rings. The Balaban J connectivity index is 1.51. The first kappa shape index (κ1) is 25.3. The number of nitrogens with zero attached hydrogens (tertiary/aromatic N) is 4. The number of anilines is 1. The third-order valence-electron chi connectivity index (χ3n) is 5.75. The molecule has 2 aromatic heterocycles. The number of thiophene rings is 1. The van der Waals surface area contributed by atoms with E-state index < -0.39 is 12.0 Å². The number of likely N-dealkylation sites (N-methyl/N-ethyl adjacent to an activating group) is 1. The van der Waals surface area contributed by atoms with Crippen molar-refractivity contribution in [3.8, 4) is 0 Å². The number of hydrogen-bond acceptors (Lipinski definition) is 9. The number of rotatable bonds is 9. The summed E-state index contributed by atoms with van der Waals surface area (Å²) in [6.07, 6.45) is 4.01. The quantitative estimate of drug-likeness (QED) is 0.333. The maximum atomic E-state index is 12.8. The molecule has 0 bridgehead atoms. The highest BCUT2D eigenvalue weighted by Gasteiger charge is 2.30. The van der Waals surface area contributed by atoms with E-state index >= 15 is 0 Å². The molecule has 0 spiro atoms. The van der Waals surface area contributed by atoms with E-state index in [0.717, 1.165) is 26.2 Å². The molecule has 0 radical (unpaired) electrons. The van der Waals surface area contributed by atoms with E-state index in [1.807, 2.05) is 49.3 Å². The molecule has 11 heteroatoms. The van der Waals surface area contributed by atoms with Gasteiger partial charge in [0.25, 0.3) is 0 Å². The largest absolute Gasteiger partial charge is 0.467 e. The highest BCUT2D eigenvalue weighted by molar-refractivity contribution is 7.19. The van der Waals surface area contributed by atoms with E-state index in [2.05, 4.69) is 20.6 Å². The van der Waals surface area contributed by atoms with Gasteiger partial charge in [0.05, 0.1) is 19.0 Å². The Morgan fingerprint density at radius 3 is 2.67 bits per heavy atom. The zero-order valence-corrected chi connectivity index (χ0v) is 21.2. The summed E-state index contributed by atoms with van der Waals surface area (Å²) in [5.74, 6) is -0.496. The van der Waals surface area contributed by atoms with Crippen molar-refractivity contribution in [1.82, 2.24) is 25.1 Å². The molecule has 0 aliphatic carbocycles. The van der Waals surface area contributed by atoms with Gasteiger partial charge in [-0.15, -0.1) is 11.3 Å². The van der Waals surface area contributed by atoms with Crippen molar-refractivity contribution >= 4 is 45.2 Å². The van der Waals surface area contributed by atoms with E-state index in [9.17, 15) is 14.4 Å². The van der Waals surface area contributed by atoms with Gasteiger partial charge in [0.15, 0.2) is 6.04 Å². The number of methoxy groups -OCH3 is 1. The first-order valence-corrected chi connectivity index (χ1v) is 12.2. The number of fused-ring (bicyclic) bond motifs is 3. The van der Waals surface area contributed by atoms with E-state index in [0.29, 0.717) is 32.0 Å². The maximum absolute atomic E-state index is 12.8. The van der Waals surface area contributed by atoms with Crippen molar-refractivity contribution in [3.05, 3.63) is 64.8 Å². The van der Waals surface area contributed by atoms with Crippen LogP contribution >= 0.6 is 11.3 Å². The molecule has 188 valence electrons. The molecule has 2 amide bonds. The third kappa shape index (κ3) is 5.69. The van der Waals surface area contributed by atoms with Gasteiger partial charge in [-0.05, 0) is 19.7 Å². The van der Waals surface area contributed by atoms with Crippen molar-refractivity contribution < 1.29 is 19.1 Å². The van der Waals surface area contributed by atoms with E-state index in [1.54, 1.807) is 4.90 Å². The Bertz CT molecular complexity index is 1290. The Kier molecular flexibility index (Phi) is 7.91. The minimum Gasteiger partial charge on any atom is -0.467 e. The number of amides is 2. The maximum Gasteiger partial charge on any atom is 0.333 e. The fourth-order valence-corrected chi connectivity index (χ4v) is 5.07. The standard InChI is InChI=1S/C25H28N6O4S/c1-30(2)12-11-26-19(32)9-10-20(33)31-13-17-18(14-31)36-24-21(17)23(27-15-28-24)29-22(25(34)35-3)16-7-5-4-6-8-16/h4-10,15,22H,11-14H2,1-3H3,(H,26,32)(H,27,28,29)/t22-/m0/s1. The van der Waals surface area contributed by atoms with Crippen LogP contribution in [0, 0.1) is 0 Å². The molecule has 1 atom stereocenters. The smallest absolute Gasteiger partial charge is 0.333 e. The van der Waals surface area contributed by atoms with Crippen molar-refractivity contribution in [2.24, 2.45) is 0 Å². The van der Waals surface area contributed by atoms with Crippen LogP contribution in [-0.2, 0) is 32.2 Å². The number of esters is 1. The van der Waals surface area contributed by atoms with Crippen molar-refractivity contribution in [3.63, 3.8) is 0 Å². The van der Waals surface area contributed by atoms with Gasteiger partial charge in [0.2, 0.25) is 11.8 Å². The molecule has 0 saturated carbocycles. The van der Waals surface area contributed by atoms with Crippen LogP contribution in [0.25, 0.3) is 10.2 Å². The van der Waals surface area contributed by atoms with Gasteiger partial charge in [-0.2, -0.15) is 0 Å². The number of carbonyl (C=O) groups is 3. The average molecular weight is 509 g/mol. The van der Waals surface area contributed by atoms with E-state index in [4.69, 9.17) is 4.74 Å². The van der Waals surface area contributed by atoms with Gasteiger partial charge in [0, 0.05) is 42.2 Å². The van der Waals surface area contributed by atoms with Crippen LogP contribution in [0.15, 0.2) is 48.8 Å². The summed E-state index contributed by atoms with van der Waals surface area (Å²) in [6, 6.07) is 8.51. The molecule has 0 fully saturated rings. The summed E-state index contributed by atoms with van der Waals surface area (Å²) in [7, 11) is 5.19. The summed E-state index contributed by atoms with van der Waals surface area (Å²) < 4.78 is 5.02. The molecular weight excluding hydrogens is 480 g/mol. The molecule has 2 N–H and O–H groups in total. The number of nitrogens with one attached hydrogen (secondary N) is 2. The molecule has 0 saturated heterocycles. The lowest BCUT2D eigenvalue weighted by Gasteiger charge is -2.18. The summed E-state index contributed by atoms with van der Waals surface area (Å²) in [4.78, 5) is 51.5. The molecule has 1 aliphatic rings. The topological polar surface area (TPSA) is 117 Å². The normalized spacial score (nSPS) is 13.7. The van der Waals surface area contributed by atoms with Gasteiger partial charge in [-0.3, -0.25) is 9.59 Å². The second kappa shape index (κ2) is 11.3. The second-order valence-corrected chi connectivity index (χ2v) is 9.62. The fraction of sp³-hybridized carbons (Fsp3) is 0.320.